The number of ether oxygens (including phenoxy) is 3. The molecule has 5 heteroatoms. The summed E-state index contributed by atoms with van der Waals surface area (Å²) >= 11 is 0. The molecular formula is C21H30O5. The molecule has 2 unspecified atom stereocenters. The van der Waals surface area contributed by atoms with Gasteiger partial charge in [-0.25, -0.2) is 4.79 Å². The van der Waals surface area contributed by atoms with E-state index in [0.29, 0.717) is 37.2 Å². The maximum atomic E-state index is 12.4. The minimum atomic E-state index is -0.835. The first-order chi connectivity index (χ1) is 12.3. The third kappa shape index (κ3) is 5.64. The summed E-state index contributed by atoms with van der Waals surface area (Å²) in [6, 6.07) is 7.28. The molecular weight excluding hydrogens is 332 g/mol. The van der Waals surface area contributed by atoms with Crippen LogP contribution in [0.3, 0.4) is 0 Å². The number of aryl methyl sites for hydroxylation is 1. The van der Waals surface area contributed by atoms with Gasteiger partial charge in [0.1, 0.15) is 12.4 Å². The first-order valence-electron chi connectivity index (χ1n) is 9.45. The second-order valence-electron chi connectivity index (χ2n) is 7.38. The van der Waals surface area contributed by atoms with Gasteiger partial charge >= 0.3 is 5.97 Å². The maximum Gasteiger partial charge on any atom is 0.340 e. The van der Waals surface area contributed by atoms with Gasteiger partial charge in [-0.2, -0.15) is 0 Å². The van der Waals surface area contributed by atoms with Crippen LogP contribution in [0.5, 0.6) is 0 Å². The van der Waals surface area contributed by atoms with Gasteiger partial charge in [0.15, 0.2) is 5.79 Å². The second kappa shape index (κ2) is 9.28. The molecule has 0 spiro atoms. The lowest BCUT2D eigenvalue weighted by Gasteiger charge is -2.27. The zero-order chi connectivity index (χ0) is 19.2. The Labute approximate surface area is 156 Å². The van der Waals surface area contributed by atoms with Gasteiger partial charge < -0.3 is 14.2 Å². The zero-order valence-electron chi connectivity index (χ0n) is 16.2. The van der Waals surface area contributed by atoms with Crippen molar-refractivity contribution in [2.45, 2.75) is 71.9 Å². The van der Waals surface area contributed by atoms with Crippen LogP contribution in [-0.2, 0) is 19.0 Å². The van der Waals surface area contributed by atoms with E-state index in [1.165, 1.54) is 0 Å². The van der Waals surface area contributed by atoms with E-state index >= 15 is 0 Å². The highest BCUT2D eigenvalue weighted by Gasteiger charge is 2.42. The number of benzene rings is 1. The lowest BCUT2D eigenvalue weighted by atomic mass is 9.99. The van der Waals surface area contributed by atoms with Crippen LogP contribution in [0.2, 0.25) is 0 Å². The Hall–Kier alpha value is -1.72. The van der Waals surface area contributed by atoms with Crippen molar-refractivity contribution in [3.63, 3.8) is 0 Å². The molecule has 1 fully saturated rings. The summed E-state index contributed by atoms with van der Waals surface area (Å²) in [7, 11) is 0. The highest BCUT2D eigenvalue weighted by atomic mass is 16.8. The van der Waals surface area contributed by atoms with Crippen LogP contribution in [0.25, 0.3) is 0 Å². The van der Waals surface area contributed by atoms with Gasteiger partial charge in [-0.05, 0) is 24.5 Å². The fraction of sp³-hybridized carbons (Fsp3) is 0.619. The summed E-state index contributed by atoms with van der Waals surface area (Å²) < 4.78 is 17.3. The molecule has 2 rings (SSSR count). The fourth-order valence-electron chi connectivity index (χ4n) is 3.23. The number of hydrogen-bond acceptors (Lipinski definition) is 5. The van der Waals surface area contributed by atoms with Crippen LogP contribution in [-0.4, -0.2) is 30.4 Å². The third-order valence-electron chi connectivity index (χ3n) is 4.48. The molecule has 0 saturated carbocycles. The highest BCUT2D eigenvalue weighted by Crippen LogP contribution is 2.34. The molecule has 0 radical (unpaired) electrons. The van der Waals surface area contributed by atoms with Crippen LogP contribution < -0.4 is 0 Å². The van der Waals surface area contributed by atoms with Crippen LogP contribution in [0.15, 0.2) is 24.3 Å². The molecule has 1 aromatic rings. The van der Waals surface area contributed by atoms with Crippen molar-refractivity contribution >= 4 is 11.8 Å². The van der Waals surface area contributed by atoms with Gasteiger partial charge in [-0.3, -0.25) is 4.79 Å². The Morgan fingerprint density at radius 3 is 2.65 bits per heavy atom. The minimum Gasteiger partial charge on any atom is -0.429 e. The molecule has 144 valence electrons. The SMILES string of the molecule is CCCC1(CCC(=O)CC(C)C)OCC(OC(=O)c2ccccc2C)O1. The average Bonchev–Trinajstić information content (AvgIpc) is 2.96. The van der Waals surface area contributed by atoms with E-state index in [9.17, 15) is 9.59 Å². The van der Waals surface area contributed by atoms with Gasteiger partial charge in [-0.1, -0.05) is 45.4 Å². The van der Waals surface area contributed by atoms with Gasteiger partial charge in [0.25, 0.3) is 0 Å². The lowest BCUT2D eigenvalue weighted by molar-refractivity contribution is -0.206. The van der Waals surface area contributed by atoms with Crippen molar-refractivity contribution in [1.29, 1.82) is 0 Å². The molecule has 0 N–H and O–H groups in total. The predicted molar refractivity (Wildman–Crippen MR) is 98.8 cm³/mol. The molecule has 0 aliphatic carbocycles. The van der Waals surface area contributed by atoms with Gasteiger partial charge in [0, 0.05) is 25.7 Å². The standard InChI is InChI=1S/C21H30O5/c1-5-11-21(12-10-17(22)13-15(2)3)24-14-19(26-21)25-20(23)18-9-7-6-8-16(18)4/h6-9,15,19H,5,10-14H2,1-4H3. The number of ketones is 1. The number of Topliss-reactive ketones (excluding diaryl/α,β-unsaturated/α-hetero) is 1. The van der Waals surface area contributed by atoms with E-state index in [1.807, 2.05) is 39.8 Å². The number of carbonyl (C=O) groups is 2. The van der Waals surface area contributed by atoms with Crippen molar-refractivity contribution in [1.82, 2.24) is 0 Å². The molecule has 1 aliphatic rings. The molecule has 26 heavy (non-hydrogen) atoms. The van der Waals surface area contributed by atoms with Gasteiger partial charge in [0.05, 0.1) is 5.56 Å². The molecule has 1 aliphatic heterocycles. The molecule has 0 bridgehead atoms. The minimum absolute atomic E-state index is 0.190. The monoisotopic (exact) mass is 362 g/mol. The van der Waals surface area contributed by atoms with Crippen LogP contribution in [0, 0.1) is 12.8 Å². The summed E-state index contributed by atoms with van der Waals surface area (Å²) in [5, 5.41) is 0. The molecule has 1 heterocycles. The smallest absolute Gasteiger partial charge is 0.340 e. The lowest BCUT2D eigenvalue weighted by Crippen LogP contribution is -2.32. The Morgan fingerprint density at radius 2 is 2.00 bits per heavy atom. The quantitative estimate of drug-likeness (QED) is 0.609. The van der Waals surface area contributed by atoms with E-state index in [4.69, 9.17) is 14.2 Å². The van der Waals surface area contributed by atoms with Crippen molar-refractivity contribution in [3.8, 4) is 0 Å². The van der Waals surface area contributed by atoms with E-state index in [-0.39, 0.29) is 12.4 Å². The number of hydrogen-bond donors (Lipinski definition) is 0. The number of carbonyl (C=O) groups excluding carboxylic acids is 2. The normalized spacial score (nSPS) is 22.6. The Bertz CT molecular complexity index is 625. The molecule has 0 amide bonds. The first kappa shape index (κ1) is 20.6. The van der Waals surface area contributed by atoms with E-state index in [0.717, 1.165) is 12.0 Å². The van der Waals surface area contributed by atoms with Crippen LogP contribution >= 0.6 is 0 Å². The van der Waals surface area contributed by atoms with Crippen LogP contribution in [0.4, 0.5) is 0 Å². The van der Waals surface area contributed by atoms with E-state index < -0.39 is 18.0 Å². The van der Waals surface area contributed by atoms with Gasteiger partial charge in [-0.15, -0.1) is 0 Å². The van der Waals surface area contributed by atoms with Gasteiger partial charge in [0.2, 0.25) is 6.29 Å². The molecule has 0 aromatic heterocycles. The van der Waals surface area contributed by atoms with Crippen LogP contribution in [0.1, 0.15) is 68.8 Å². The topological polar surface area (TPSA) is 61.8 Å². The van der Waals surface area contributed by atoms with Crippen molar-refractivity contribution in [2.75, 3.05) is 6.61 Å². The molecule has 5 nitrogen and oxygen atoms in total. The van der Waals surface area contributed by atoms with E-state index in [1.54, 1.807) is 12.1 Å². The Kier molecular flexibility index (Phi) is 7.35. The van der Waals surface area contributed by atoms with Crippen molar-refractivity contribution in [3.05, 3.63) is 35.4 Å². The summed E-state index contributed by atoms with van der Waals surface area (Å²) in [5.41, 5.74) is 1.38. The summed E-state index contributed by atoms with van der Waals surface area (Å²) in [4.78, 5) is 24.4. The summed E-state index contributed by atoms with van der Waals surface area (Å²) in [5.74, 6) is -0.696. The maximum absolute atomic E-state index is 12.4. The zero-order valence-corrected chi connectivity index (χ0v) is 16.2. The first-order valence-corrected chi connectivity index (χ1v) is 9.45. The number of esters is 1. The third-order valence-corrected chi connectivity index (χ3v) is 4.48. The molecule has 1 saturated heterocycles. The van der Waals surface area contributed by atoms with Crippen molar-refractivity contribution in [2.24, 2.45) is 5.92 Å². The van der Waals surface area contributed by atoms with Crippen molar-refractivity contribution < 1.29 is 23.8 Å². The second-order valence-corrected chi connectivity index (χ2v) is 7.38. The molecule has 1 aromatic carbocycles. The summed E-state index contributed by atoms with van der Waals surface area (Å²) in [6.07, 6.45) is 2.25. The summed E-state index contributed by atoms with van der Waals surface area (Å²) in [6.45, 7) is 8.16. The predicted octanol–water partition coefficient (Wildman–Crippen LogP) is 4.42. The molecule has 2 atom stereocenters. The Balaban J connectivity index is 1.94. The fourth-order valence-corrected chi connectivity index (χ4v) is 3.23. The Morgan fingerprint density at radius 1 is 1.27 bits per heavy atom. The average molecular weight is 362 g/mol. The largest absolute Gasteiger partial charge is 0.429 e. The van der Waals surface area contributed by atoms with E-state index in [2.05, 4.69) is 0 Å². The number of rotatable bonds is 9. The highest BCUT2D eigenvalue weighted by molar-refractivity contribution is 5.91.